The van der Waals surface area contributed by atoms with E-state index in [0.29, 0.717) is 6.42 Å². The molecule has 0 saturated heterocycles. The second-order valence-corrected chi connectivity index (χ2v) is 6.59. The van der Waals surface area contributed by atoms with Gasteiger partial charge in [-0.2, -0.15) is 0 Å². The quantitative estimate of drug-likeness (QED) is 0.909. The van der Waals surface area contributed by atoms with E-state index in [4.69, 9.17) is 4.99 Å². The number of amides is 1. The summed E-state index contributed by atoms with van der Waals surface area (Å²) in [5.41, 5.74) is 3.14. The smallest absolute Gasteiger partial charge is 0.244 e. The van der Waals surface area contributed by atoms with Crippen LogP contribution in [0, 0.1) is 0 Å². The minimum atomic E-state index is -0.450. The van der Waals surface area contributed by atoms with E-state index < -0.39 is 6.04 Å². The SMILES string of the molecule is CNC(=O)[C@H](Cc1ccccc1)N=C1Nc2ccccc2C1(C)C. The molecule has 1 aliphatic heterocycles. The fraction of sp³-hybridized carbons (Fsp3) is 0.300. The molecule has 0 aromatic heterocycles. The highest BCUT2D eigenvalue weighted by Gasteiger charge is 2.37. The molecule has 0 aliphatic carbocycles. The maximum absolute atomic E-state index is 12.3. The summed E-state index contributed by atoms with van der Waals surface area (Å²) in [6.45, 7) is 4.27. The number of anilines is 1. The standard InChI is InChI=1S/C20H23N3O/c1-20(2)15-11-7-8-12-16(15)22-19(20)23-17(18(24)21-3)13-14-9-5-4-6-10-14/h4-12,17H,13H2,1-3H3,(H,21,24)(H,22,23)/t17-/m0/s1. The number of carbonyl (C=O) groups excluding carboxylic acids is 1. The van der Waals surface area contributed by atoms with Crippen LogP contribution in [0.25, 0.3) is 0 Å². The molecule has 2 aromatic rings. The van der Waals surface area contributed by atoms with Crippen LogP contribution in [0.2, 0.25) is 0 Å². The molecule has 3 rings (SSSR count). The van der Waals surface area contributed by atoms with Crippen LogP contribution >= 0.6 is 0 Å². The largest absolute Gasteiger partial charge is 0.357 e. The number of hydrogen-bond acceptors (Lipinski definition) is 2. The Hall–Kier alpha value is -2.62. The van der Waals surface area contributed by atoms with Crippen LogP contribution in [0.15, 0.2) is 59.6 Å². The summed E-state index contributed by atoms with van der Waals surface area (Å²) in [5, 5.41) is 6.12. The van der Waals surface area contributed by atoms with Crippen molar-refractivity contribution in [1.29, 1.82) is 0 Å². The first-order valence-corrected chi connectivity index (χ1v) is 8.22. The molecule has 0 spiro atoms. The van der Waals surface area contributed by atoms with Crippen molar-refractivity contribution in [2.24, 2.45) is 4.99 Å². The number of aliphatic imine (C=N–C) groups is 1. The molecule has 24 heavy (non-hydrogen) atoms. The molecular formula is C20H23N3O. The number of amidine groups is 1. The number of nitrogens with zero attached hydrogens (tertiary/aromatic N) is 1. The first kappa shape index (κ1) is 16.2. The van der Waals surface area contributed by atoms with Gasteiger partial charge in [0.25, 0.3) is 0 Å². The van der Waals surface area contributed by atoms with Gasteiger partial charge in [-0.25, -0.2) is 0 Å². The fourth-order valence-electron chi connectivity index (χ4n) is 3.10. The second-order valence-electron chi connectivity index (χ2n) is 6.59. The molecule has 0 radical (unpaired) electrons. The average Bonchev–Trinajstić information content (AvgIpc) is 2.85. The van der Waals surface area contributed by atoms with Gasteiger partial charge in [-0.05, 0) is 31.0 Å². The van der Waals surface area contributed by atoms with Crippen molar-refractivity contribution < 1.29 is 4.79 Å². The Labute approximate surface area is 143 Å². The van der Waals surface area contributed by atoms with Crippen LogP contribution in [0.1, 0.15) is 25.0 Å². The summed E-state index contributed by atoms with van der Waals surface area (Å²) in [7, 11) is 1.66. The molecule has 0 saturated carbocycles. The maximum Gasteiger partial charge on any atom is 0.244 e. The predicted octanol–water partition coefficient (Wildman–Crippen LogP) is 3.15. The minimum absolute atomic E-state index is 0.0695. The topological polar surface area (TPSA) is 53.5 Å². The minimum Gasteiger partial charge on any atom is -0.357 e. The number of para-hydroxylation sites is 1. The van der Waals surface area contributed by atoms with Gasteiger partial charge < -0.3 is 10.6 Å². The Morgan fingerprint density at radius 3 is 2.46 bits per heavy atom. The number of hydrogen-bond donors (Lipinski definition) is 2. The summed E-state index contributed by atoms with van der Waals surface area (Å²) in [4.78, 5) is 17.1. The molecule has 1 heterocycles. The first-order chi connectivity index (χ1) is 11.5. The van der Waals surface area contributed by atoms with Crippen molar-refractivity contribution >= 4 is 17.4 Å². The Morgan fingerprint density at radius 1 is 1.12 bits per heavy atom. The van der Waals surface area contributed by atoms with E-state index >= 15 is 0 Å². The van der Waals surface area contributed by atoms with Crippen LogP contribution in [-0.2, 0) is 16.6 Å². The molecule has 2 aromatic carbocycles. The van der Waals surface area contributed by atoms with E-state index in [2.05, 4.69) is 30.5 Å². The van der Waals surface area contributed by atoms with Crippen molar-refractivity contribution in [3.63, 3.8) is 0 Å². The van der Waals surface area contributed by atoms with Crippen molar-refractivity contribution in [3.05, 3.63) is 65.7 Å². The van der Waals surface area contributed by atoms with Gasteiger partial charge in [0, 0.05) is 24.6 Å². The van der Waals surface area contributed by atoms with Gasteiger partial charge in [0.15, 0.2) is 0 Å². The number of carbonyl (C=O) groups is 1. The van der Waals surface area contributed by atoms with E-state index in [1.165, 1.54) is 5.56 Å². The number of benzene rings is 2. The lowest BCUT2D eigenvalue weighted by atomic mass is 9.85. The highest BCUT2D eigenvalue weighted by molar-refractivity contribution is 6.10. The molecule has 0 bridgehead atoms. The Kier molecular flexibility index (Phi) is 4.38. The molecule has 4 nitrogen and oxygen atoms in total. The molecule has 124 valence electrons. The monoisotopic (exact) mass is 321 g/mol. The van der Waals surface area contributed by atoms with Crippen LogP contribution in [0.5, 0.6) is 0 Å². The highest BCUT2D eigenvalue weighted by Crippen LogP contribution is 2.37. The molecule has 0 fully saturated rings. The number of fused-ring (bicyclic) bond motifs is 1. The van der Waals surface area contributed by atoms with Gasteiger partial charge in [0.1, 0.15) is 11.9 Å². The first-order valence-electron chi connectivity index (χ1n) is 8.22. The average molecular weight is 321 g/mol. The Bertz CT molecular complexity index is 765. The van der Waals surface area contributed by atoms with E-state index in [1.807, 2.05) is 48.5 Å². The maximum atomic E-state index is 12.3. The molecule has 0 unspecified atom stereocenters. The van der Waals surface area contributed by atoms with E-state index in [-0.39, 0.29) is 11.3 Å². The van der Waals surface area contributed by atoms with Crippen LogP contribution in [0.4, 0.5) is 5.69 Å². The van der Waals surface area contributed by atoms with Crippen molar-refractivity contribution in [2.75, 3.05) is 12.4 Å². The van der Waals surface area contributed by atoms with Gasteiger partial charge in [0.05, 0.1) is 0 Å². The van der Waals surface area contributed by atoms with Crippen LogP contribution in [0.3, 0.4) is 0 Å². The van der Waals surface area contributed by atoms with Gasteiger partial charge in [-0.15, -0.1) is 0 Å². The van der Waals surface area contributed by atoms with E-state index in [0.717, 1.165) is 17.1 Å². The molecular weight excluding hydrogens is 298 g/mol. The predicted molar refractivity (Wildman–Crippen MR) is 98.5 cm³/mol. The lowest BCUT2D eigenvalue weighted by Gasteiger charge is -2.21. The van der Waals surface area contributed by atoms with Gasteiger partial charge in [0.2, 0.25) is 5.91 Å². The summed E-state index contributed by atoms with van der Waals surface area (Å²) < 4.78 is 0. The lowest BCUT2D eigenvalue weighted by molar-refractivity contribution is -0.121. The molecule has 4 heteroatoms. The fourth-order valence-corrected chi connectivity index (χ4v) is 3.10. The molecule has 2 N–H and O–H groups in total. The normalized spacial score (nSPS) is 17.9. The Balaban J connectivity index is 1.92. The van der Waals surface area contributed by atoms with Crippen LogP contribution in [-0.4, -0.2) is 24.8 Å². The third kappa shape index (κ3) is 3.04. The molecule has 1 amide bonds. The van der Waals surface area contributed by atoms with Gasteiger partial charge in [-0.3, -0.25) is 9.79 Å². The summed E-state index contributed by atoms with van der Waals surface area (Å²) in [6.07, 6.45) is 0.581. The highest BCUT2D eigenvalue weighted by atomic mass is 16.2. The van der Waals surface area contributed by atoms with E-state index in [1.54, 1.807) is 7.05 Å². The third-order valence-corrected chi connectivity index (χ3v) is 4.55. The molecule has 1 atom stereocenters. The number of rotatable bonds is 4. The zero-order valence-corrected chi connectivity index (χ0v) is 14.3. The lowest BCUT2D eigenvalue weighted by Crippen LogP contribution is -2.36. The molecule has 1 aliphatic rings. The van der Waals surface area contributed by atoms with Gasteiger partial charge >= 0.3 is 0 Å². The summed E-state index contributed by atoms with van der Waals surface area (Å²) >= 11 is 0. The second kappa shape index (κ2) is 6.48. The van der Waals surface area contributed by atoms with Crippen molar-refractivity contribution in [2.45, 2.75) is 31.7 Å². The van der Waals surface area contributed by atoms with Crippen molar-refractivity contribution in [3.8, 4) is 0 Å². The van der Waals surface area contributed by atoms with E-state index in [9.17, 15) is 4.79 Å². The summed E-state index contributed by atoms with van der Waals surface area (Å²) in [5.74, 6) is 0.771. The third-order valence-electron chi connectivity index (χ3n) is 4.55. The number of nitrogens with one attached hydrogen (secondary N) is 2. The van der Waals surface area contributed by atoms with Crippen LogP contribution < -0.4 is 10.6 Å². The Morgan fingerprint density at radius 2 is 1.79 bits per heavy atom. The summed E-state index contributed by atoms with van der Waals surface area (Å²) in [6, 6.07) is 17.7. The number of likely N-dealkylation sites (N-methyl/N-ethyl adjacent to an activating group) is 1. The van der Waals surface area contributed by atoms with Gasteiger partial charge in [-0.1, -0.05) is 48.5 Å². The zero-order chi connectivity index (χ0) is 17.2. The zero-order valence-electron chi connectivity index (χ0n) is 14.3. The van der Waals surface area contributed by atoms with Crippen molar-refractivity contribution in [1.82, 2.24) is 5.32 Å².